The molecule has 19 heavy (non-hydrogen) atoms. The summed E-state index contributed by atoms with van der Waals surface area (Å²) in [5, 5.41) is 6.38. The summed E-state index contributed by atoms with van der Waals surface area (Å²) in [6.45, 7) is 3.96. The summed E-state index contributed by atoms with van der Waals surface area (Å²) in [6.07, 6.45) is 2.72. The highest BCUT2D eigenvalue weighted by atomic mass is 32.2. The number of hydrogen-bond donors (Lipinski definition) is 2. The van der Waals surface area contributed by atoms with Crippen LogP contribution < -0.4 is 10.6 Å². The number of rotatable bonds is 9. The summed E-state index contributed by atoms with van der Waals surface area (Å²) in [6, 6.07) is 1.85. The topological polar surface area (TPSA) is 76.1 Å². The first kappa shape index (κ1) is 15.8. The molecule has 0 radical (unpaired) electrons. The number of nitrogens with zero attached hydrogens (tertiary/aromatic N) is 2. The van der Waals surface area contributed by atoms with Gasteiger partial charge in [-0.1, -0.05) is 6.92 Å². The zero-order valence-corrected chi connectivity index (χ0v) is 12.5. The van der Waals surface area contributed by atoms with Crippen molar-refractivity contribution in [3.63, 3.8) is 0 Å². The van der Waals surface area contributed by atoms with Crippen LogP contribution in [0.15, 0.2) is 6.07 Å². The minimum Gasteiger partial charge on any atom is -0.377 e. The Hall–Kier alpha value is -1.21. The molecule has 0 spiro atoms. The SMILES string of the molecule is CCCNc1cc(NCCS(C)=O)nc(COC)n1. The highest BCUT2D eigenvalue weighted by Gasteiger charge is 2.04. The lowest BCUT2D eigenvalue weighted by Crippen LogP contribution is -2.13. The van der Waals surface area contributed by atoms with Crippen molar-refractivity contribution in [3.8, 4) is 0 Å². The number of methoxy groups -OCH3 is 1. The molecular formula is C12H22N4O2S. The summed E-state index contributed by atoms with van der Waals surface area (Å²) >= 11 is 0. The fraction of sp³-hybridized carbons (Fsp3) is 0.667. The molecular weight excluding hydrogens is 264 g/mol. The van der Waals surface area contributed by atoms with E-state index >= 15 is 0 Å². The standard InChI is InChI=1S/C12H22N4O2S/c1-4-5-13-10-8-11(14-6-7-19(3)17)16-12(15-10)9-18-2/h8H,4-7,9H2,1-3H3,(H2,13,14,15,16). The third-order valence-electron chi connectivity index (χ3n) is 2.30. The third kappa shape index (κ3) is 6.49. The molecule has 0 aliphatic rings. The van der Waals surface area contributed by atoms with Gasteiger partial charge in [0, 0.05) is 49.1 Å². The van der Waals surface area contributed by atoms with Crippen molar-refractivity contribution in [2.24, 2.45) is 0 Å². The van der Waals surface area contributed by atoms with Crippen LogP contribution in [-0.2, 0) is 22.1 Å². The first-order valence-corrected chi connectivity index (χ1v) is 8.03. The molecule has 6 nitrogen and oxygen atoms in total. The first-order chi connectivity index (χ1) is 9.15. The molecule has 1 atom stereocenters. The lowest BCUT2D eigenvalue weighted by Gasteiger charge is -2.10. The van der Waals surface area contributed by atoms with E-state index < -0.39 is 10.8 Å². The second kappa shape index (κ2) is 8.82. The van der Waals surface area contributed by atoms with Crippen molar-refractivity contribution < 1.29 is 8.95 Å². The quantitative estimate of drug-likeness (QED) is 0.711. The maximum absolute atomic E-state index is 11.0. The number of aromatic nitrogens is 2. The Kier molecular flexibility index (Phi) is 7.35. The van der Waals surface area contributed by atoms with Gasteiger partial charge in [-0.2, -0.15) is 0 Å². The van der Waals surface area contributed by atoms with Crippen LogP contribution in [0.5, 0.6) is 0 Å². The van der Waals surface area contributed by atoms with Crippen molar-refractivity contribution in [2.45, 2.75) is 20.0 Å². The van der Waals surface area contributed by atoms with Crippen LogP contribution in [0.4, 0.5) is 11.6 Å². The van der Waals surface area contributed by atoms with Gasteiger partial charge in [0.05, 0.1) is 0 Å². The van der Waals surface area contributed by atoms with E-state index in [2.05, 4.69) is 27.5 Å². The van der Waals surface area contributed by atoms with E-state index in [4.69, 9.17) is 4.74 Å². The predicted octanol–water partition coefficient (Wildman–Crippen LogP) is 1.24. The zero-order chi connectivity index (χ0) is 14.1. The Morgan fingerprint density at radius 2 is 1.89 bits per heavy atom. The monoisotopic (exact) mass is 286 g/mol. The van der Waals surface area contributed by atoms with E-state index in [0.29, 0.717) is 24.7 Å². The zero-order valence-electron chi connectivity index (χ0n) is 11.7. The molecule has 0 aromatic carbocycles. The number of anilines is 2. The van der Waals surface area contributed by atoms with Crippen LogP contribution in [0.1, 0.15) is 19.2 Å². The summed E-state index contributed by atoms with van der Waals surface area (Å²) in [7, 11) is 0.810. The van der Waals surface area contributed by atoms with Gasteiger partial charge in [0.25, 0.3) is 0 Å². The average Bonchev–Trinajstić information content (AvgIpc) is 2.36. The lowest BCUT2D eigenvalue weighted by molar-refractivity contribution is 0.178. The van der Waals surface area contributed by atoms with E-state index in [1.54, 1.807) is 13.4 Å². The van der Waals surface area contributed by atoms with E-state index in [1.807, 2.05) is 6.07 Å². The largest absolute Gasteiger partial charge is 0.377 e. The van der Waals surface area contributed by atoms with Crippen molar-refractivity contribution in [2.75, 3.05) is 42.8 Å². The summed E-state index contributed by atoms with van der Waals surface area (Å²) in [5.74, 6) is 2.74. The first-order valence-electron chi connectivity index (χ1n) is 6.30. The molecule has 0 saturated heterocycles. The second-order valence-electron chi connectivity index (χ2n) is 4.12. The molecule has 1 aromatic heterocycles. The van der Waals surface area contributed by atoms with Crippen molar-refractivity contribution >= 4 is 22.4 Å². The second-order valence-corrected chi connectivity index (χ2v) is 5.67. The van der Waals surface area contributed by atoms with Crippen LogP contribution in [0.2, 0.25) is 0 Å². The molecule has 0 bridgehead atoms. The normalized spacial score (nSPS) is 12.2. The summed E-state index contributed by atoms with van der Waals surface area (Å²) < 4.78 is 16.1. The van der Waals surface area contributed by atoms with Crippen molar-refractivity contribution in [1.29, 1.82) is 0 Å². The maximum atomic E-state index is 11.0. The van der Waals surface area contributed by atoms with Gasteiger partial charge in [0.1, 0.15) is 18.2 Å². The lowest BCUT2D eigenvalue weighted by atomic mass is 10.4. The Morgan fingerprint density at radius 1 is 1.26 bits per heavy atom. The Bertz CT molecular complexity index is 415. The summed E-state index contributed by atoms with van der Waals surface area (Å²) in [4.78, 5) is 8.70. The molecule has 0 amide bonds. The van der Waals surface area contributed by atoms with Gasteiger partial charge >= 0.3 is 0 Å². The minimum atomic E-state index is -0.804. The maximum Gasteiger partial charge on any atom is 0.158 e. The fourth-order valence-electron chi connectivity index (χ4n) is 1.45. The molecule has 108 valence electrons. The fourth-order valence-corrected chi connectivity index (χ4v) is 1.84. The molecule has 1 rings (SSSR count). The molecule has 2 N–H and O–H groups in total. The number of nitrogens with one attached hydrogen (secondary N) is 2. The third-order valence-corrected chi connectivity index (χ3v) is 3.08. The van der Waals surface area contributed by atoms with Gasteiger partial charge in [-0.15, -0.1) is 0 Å². The Balaban J connectivity index is 2.71. The van der Waals surface area contributed by atoms with Crippen LogP contribution in [-0.4, -0.2) is 46.4 Å². The van der Waals surface area contributed by atoms with Gasteiger partial charge < -0.3 is 15.4 Å². The predicted molar refractivity (Wildman–Crippen MR) is 78.9 cm³/mol. The average molecular weight is 286 g/mol. The molecule has 0 aliphatic heterocycles. The van der Waals surface area contributed by atoms with Crippen LogP contribution in [0, 0.1) is 0 Å². The highest BCUT2D eigenvalue weighted by Crippen LogP contribution is 2.12. The van der Waals surface area contributed by atoms with E-state index in [0.717, 1.165) is 24.6 Å². The van der Waals surface area contributed by atoms with Crippen molar-refractivity contribution in [3.05, 3.63) is 11.9 Å². The molecule has 0 aliphatic carbocycles. The molecule has 0 fully saturated rings. The van der Waals surface area contributed by atoms with Gasteiger partial charge in [-0.05, 0) is 6.42 Å². The van der Waals surface area contributed by atoms with Crippen LogP contribution in [0.25, 0.3) is 0 Å². The molecule has 1 unspecified atom stereocenters. The van der Waals surface area contributed by atoms with E-state index in [-0.39, 0.29) is 0 Å². The highest BCUT2D eigenvalue weighted by molar-refractivity contribution is 7.84. The molecule has 7 heteroatoms. The van der Waals surface area contributed by atoms with Gasteiger partial charge in [0.2, 0.25) is 0 Å². The van der Waals surface area contributed by atoms with Gasteiger partial charge in [-0.3, -0.25) is 4.21 Å². The molecule has 0 saturated carbocycles. The number of hydrogen-bond acceptors (Lipinski definition) is 6. The smallest absolute Gasteiger partial charge is 0.158 e. The Labute approximate surface area is 116 Å². The van der Waals surface area contributed by atoms with Gasteiger partial charge in [-0.25, -0.2) is 9.97 Å². The molecule has 1 aromatic rings. The minimum absolute atomic E-state index is 0.371. The number of ether oxygens (including phenoxy) is 1. The van der Waals surface area contributed by atoms with Crippen LogP contribution in [0.3, 0.4) is 0 Å². The van der Waals surface area contributed by atoms with E-state index in [9.17, 15) is 4.21 Å². The Morgan fingerprint density at radius 3 is 2.42 bits per heavy atom. The van der Waals surface area contributed by atoms with Crippen molar-refractivity contribution in [1.82, 2.24) is 9.97 Å². The van der Waals surface area contributed by atoms with Crippen LogP contribution >= 0.6 is 0 Å². The van der Waals surface area contributed by atoms with E-state index in [1.165, 1.54) is 0 Å². The molecule has 1 heterocycles. The van der Waals surface area contributed by atoms with Gasteiger partial charge in [0.15, 0.2) is 5.82 Å². The summed E-state index contributed by atoms with van der Waals surface area (Å²) in [5.41, 5.74) is 0.